The second kappa shape index (κ2) is 33.7. The van der Waals surface area contributed by atoms with Crippen molar-refractivity contribution in [2.75, 3.05) is 46.1 Å². The molecule has 0 aromatic heterocycles. The quantitative estimate of drug-likeness (QED) is 0.0347. The van der Waals surface area contributed by atoms with Crippen molar-refractivity contribution in [2.45, 2.75) is 188 Å². The molecule has 0 fully saturated rings. The van der Waals surface area contributed by atoms with Gasteiger partial charge in [-0.1, -0.05) is 78.6 Å². The Morgan fingerprint density at radius 1 is 0.464 bits per heavy atom. The van der Waals surface area contributed by atoms with Gasteiger partial charge in [-0.15, -0.1) is 0 Å². The summed E-state index contributed by atoms with van der Waals surface area (Å²) in [6.07, 6.45) is 10.2. The van der Waals surface area contributed by atoms with Gasteiger partial charge in [0.2, 0.25) is 0 Å². The first-order chi connectivity index (χ1) is 26.7. The third-order valence-electron chi connectivity index (χ3n) is 8.37. The summed E-state index contributed by atoms with van der Waals surface area (Å²) in [6, 6.07) is 0. The molecule has 0 aliphatic rings. The Hall–Kier alpha value is -3.42. The van der Waals surface area contributed by atoms with Crippen LogP contribution in [0.4, 0.5) is 4.79 Å². The van der Waals surface area contributed by atoms with Gasteiger partial charge in [0.1, 0.15) is 25.4 Å². The van der Waals surface area contributed by atoms with Gasteiger partial charge in [-0.3, -0.25) is 24.0 Å². The van der Waals surface area contributed by atoms with Crippen molar-refractivity contribution in [3.63, 3.8) is 0 Å². The summed E-state index contributed by atoms with van der Waals surface area (Å²) in [6.45, 7) is 13.4. The lowest BCUT2D eigenvalue weighted by molar-refractivity contribution is -0.167. The normalized spacial score (nSPS) is 12.3. The highest BCUT2D eigenvalue weighted by Crippen LogP contribution is 2.14. The zero-order valence-corrected chi connectivity index (χ0v) is 35.8. The molecule has 0 saturated carbocycles. The molecular weight excluding hydrogens is 726 g/mol. The SMILES string of the molecule is CCCCCCCC(=O)OCC(COCC)OC(=O)CCCN(CCCC(=O)OC(COC(=O)CCCC)COC(=O)CCCCCCC)C(=O)OC(C)(C)C. The van der Waals surface area contributed by atoms with Crippen LogP contribution in [0.2, 0.25) is 0 Å². The van der Waals surface area contributed by atoms with E-state index in [4.69, 9.17) is 33.2 Å². The van der Waals surface area contributed by atoms with E-state index >= 15 is 0 Å². The van der Waals surface area contributed by atoms with Gasteiger partial charge in [0, 0.05) is 51.8 Å². The van der Waals surface area contributed by atoms with Crippen LogP contribution >= 0.6 is 0 Å². The van der Waals surface area contributed by atoms with E-state index in [9.17, 15) is 28.8 Å². The third-order valence-corrected chi connectivity index (χ3v) is 8.37. The Balaban J connectivity index is 5.17. The highest BCUT2D eigenvalue weighted by molar-refractivity contribution is 5.72. The van der Waals surface area contributed by atoms with E-state index in [1.54, 1.807) is 20.8 Å². The average Bonchev–Trinajstić information content (AvgIpc) is 3.14. The molecule has 0 rings (SSSR count). The molecule has 0 aromatic rings. The van der Waals surface area contributed by atoms with E-state index in [1.165, 1.54) is 4.90 Å². The number of carbonyl (C=O) groups is 6. The molecule has 2 atom stereocenters. The summed E-state index contributed by atoms with van der Waals surface area (Å²) in [5, 5.41) is 0. The molecule has 0 saturated heterocycles. The highest BCUT2D eigenvalue weighted by atomic mass is 16.6. The molecule has 1 amide bonds. The van der Waals surface area contributed by atoms with Gasteiger partial charge in [0.25, 0.3) is 0 Å². The molecule has 0 aromatic carbocycles. The number of ether oxygens (including phenoxy) is 7. The molecule has 0 radical (unpaired) electrons. The number of rotatable bonds is 34. The van der Waals surface area contributed by atoms with Crippen LogP contribution in [0.25, 0.3) is 0 Å². The van der Waals surface area contributed by atoms with Crippen molar-refractivity contribution in [3.05, 3.63) is 0 Å². The molecule has 0 aliphatic carbocycles. The van der Waals surface area contributed by atoms with E-state index in [0.717, 1.165) is 64.2 Å². The van der Waals surface area contributed by atoms with Gasteiger partial charge in [-0.2, -0.15) is 0 Å². The maximum absolute atomic E-state index is 13.1. The van der Waals surface area contributed by atoms with Gasteiger partial charge in [0.15, 0.2) is 12.2 Å². The molecule has 0 heterocycles. The standard InChI is InChI=1S/C42H75NO13/c1-8-12-15-17-19-24-37(45)51-31-34(30-50-11-4)54-39(47)26-21-28-43(41(49)56-42(5,6)7)29-22-27-40(48)55-35(32-52-36(44)23-14-10-3)33-53-38(46)25-20-18-16-13-9-2/h34-35H,8-33H2,1-7H3. The minimum atomic E-state index is -0.976. The van der Waals surface area contributed by atoms with Crippen molar-refractivity contribution < 1.29 is 61.9 Å². The van der Waals surface area contributed by atoms with Gasteiger partial charge >= 0.3 is 35.9 Å². The largest absolute Gasteiger partial charge is 0.462 e. The first kappa shape index (κ1) is 52.6. The Kier molecular flexibility index (Phi) is 31.6. The third kappa shape index (κ3) is 31.7. The van der Waals surface area contributed by atoms with Crippen molar-refractivity contribution in [3.8, 4) is 0 Å². The summed E-state index contributed by atoms with van der Waals surface area (Å²) >= 11 is 0. The minimum absolute atomic E-state index is 0.0224. The average molecular weight is 802 g/mol. The number of amides is 1. The molecule has 0 aliphatic heterocycles. The Morgan fingerprint density at radius 3 is 1.23 bits per heavy atom. The van der Waals surface area contributed by atoms with Gasteiger partial charge in [-0.25, -0.2) is 4.79 Å². The fourth-order valence-corrected chi connectivity index (χ4v) is 5.26. The summed E-state index contributed by atoms with van der Waals surface area (Å²) in [7, 11) is 0. The maximum Gasteiger partial charge on any atom is 0.410 e. The number of carbonyl (C=O) groups excluding carboxylic acids is 6. The van der Waals surface area contributed by atoms with E-state index in [0.29, 0.717) is 25.9 Å². The zero-order chi connectivity index (χ0) is 42.0. The first-order valence-electron chi connectivity index (χ1n) is 21.2. The van der Waals surface area contributed by atoms with E-state index in [-0.39, 0.29) is 84.0 Å². The van der Waals surface area contributed by atoms with E-state index < -0.39 is 47.8 Å². The molecule has 0 spiro atoms. The predicted molar refractivity (Wildman–Crippen MR) is 212 cm³/mol. The van der Waals surface area contributed by atoms with Crippen LogP contribution < -0.4 is 0 Å². The smallest absolute Gasteiger partial charge is 0.410 e. The number of nitrogens with zero attached hydrogens (tertiary/aromatic N) is 1. The topological polar surface area (TPSA) is 170 Å². The molecule has 56 heavy (non-hydrogen) atoms. The monoisotopic (exact) mass is 802 g/mol. The van der Waals surface area contributed by atoms with E-state index in [1.807, 2.05) is 13.8 Å². The van der Waals surface area contributed by atoms with Gasteiger partial charge < -0.3 is 38.1 Å². The lowest BCUT2D eigenvalue weighted by atomic mass is 10.1. The summed E-state index contributed by atoms with van der Waals surface area (Å²) in [5.74, 6) is -2.32. The summed E-state index contributed by atoms with van der Waals surface area (Å²) in [4.78, 5) is 76.8. The minimum Gasteiger partial charge on any atom is -0.462 e. The number of unbranched alkanes of at least 4 members (excludes halogenated alkanes) is 9. The molecule has 2 unspecified atom stereocenters. The highest BCUT2D eigenvalue weighted by Gasteiger charge is 2.24. The Morgan fingerprint density at radius 2 is 0.839 bits per heavy atom. The predicted octanol–water partition coefficient (Wildman–Crippen LogP) is 8.18. The number of hydrogen-bond donors (Lipinski definition) is 0. The van der Waals surface area contributed by atoms with Gasteiger partial charge in [0.05, 0.1) is 6.61 Å². The van der Waals surface area contributed by atoms with Crippen LogP contribution in [-0.2, 0) is 57.1 Å². The Labute approximate surface area is 336 Å². The zero-order valence-electron chi connectivity index (χ0n) is 35.8. The van der Waals surface area contributed by atoms with E-state index in [2.05, 4.69) is 13.8 Å². The maximum atomic E-state index is 13.1. The van der Waals surface area contributed by atoms with Crippen molar-refractivity contribution in [1.82, 2.24) is 4.90 Å². The molecular formula is C42H75NO13. The van der Waals surface area contributed by atoms with Crippen LogP contribution in [0, 0.1) is 0 Å². The van der Waals surface area contributed by atoms with Crippen LogP contribution in [-0.4, -0.2) is 105 Å². The van der Waals surface area contributed by atoms with Crippen molar-refractivity contribution >= 4 is 35.9 Å². The second-order valence-electron chi connectivity index (χ2n) is 15.0. The van der Waals surface area contributed by atoms with Crippen LogP contribution in [0.3, 0.4) is 0 Å². The second-order valence-corrected chi connectivity index (χ2v) is 15.0. The lowest BCUT2D eigenvalue weighted by Gasteiger charge is -2.27. The number of hydrogen-bond acceptors (Lipinski definition) is 13. The molecule has 0 N–H and O–H groups in total. The van der Waals surface area contributed by atoms with Crippen LogP contribution in [0.1, 0.15) is 170 Å². The summed E-state index contributed by atoms with van der Waals surface area (Å²) in [5.41, 5.74) is -0.776. The number of esters is 5. The fourth-order valence-electron chi connectivity index (χ4n) is 5.26. The Bertz CT molecular complexity index is 1090. The summed E-state index contributed by atoms with van der Waals surface area (Å²) < 4.78 is 38.1. The lowest BCUT2D eigenvalue weighted by Crippen LogP contribution is -2.38. The first-order valence-corrected chi connectivity index (χ1v) is 21.2. The molecule has 14 nitrogen and oxygen atoms in total. The van der Waals surface area contributed by atoms with Crippen molar-refractivity contribution in [1.29, 1.82) is 0 Å². The van der Waals surface area contributed by atoms with Crippen molar-refractivity contribution in [2.24, 2.45) is 0 Å². The van der Waals surface area contributed by atoms with Crippen LogP contribution in [0.5, 0.6) is 0 Å². The molecule has 326 valence electrons. The van der Waals surface area contributed by atoms with Crippen LogP contribution in [0.15, 0.2) is 0 Å². The fraction of sp³-hybridized carbons (Fsp3) is 0.857. The molecule has 0 bridgehead atoms. The molecule has 14 heteroatoms. The van der Waals surface area contributed by atoms with Gasteiger partial charge in [-0.05, 0) is 59.8 Å².